The van der Waals surface area contributed by atoms with Gasteiger partial charge < -0.3 is 14.4 Å². The summed E-state index contributed by atoms with van der Waals surface area (Å²) in [5.41, 5.74) is 1.08. The summed E-state index contributed by atoms with van der Waals surface area (Å²) in [6.45, 7) is 6.79. The van der Waals surface area contributed by atoms with E-state index in [4.69, 9.17) is 9.47 Å². The van der Waals surface area contributed by atoms with Crippen LogP contribution in [-0.4, -0.2) is 62.3 Å². The lowest BCUT2D eigenvalue weighted by molar-refractivity contribution is -0.143. The first-order valence-corrected chi connectivity index (χ1v) is 7.35. The Balaban J connectivity index is 1.78. The van der Waals surface area contributed by atoms with Crippen LogP contribution in [0, 0.1) is 0 Å². The average Bonchev–Trinajstić information content (AvgIpc) is 2.54. The maximum Gasteiger partial charge on any atom is 0.307 e. The van der Waals surface area contributed by atoms with E-state index in [-0.39, 0.29) is 5.97 Å². The van der Waals surface area contributed by atoms with Crippen LogP contribution in [-0.2, 0) is 9.53 Å². The fourth-order valence-electron chi connectivity index (χ4n) is 2.40. The molecule has 1 saturated heterocycles. The number of nitrogens with zero attached hydrogens (tertiary/aromatic N) is 3. The average molecular weight is 293 g/mol. The minimum Gasteiger partial charge on any atom is -0.495 e. The molecule has 0 saturated carbocycles. The van der Waals surface area contributed by atoms with Crippen LogP contribution >= 0.6 is 0 Å². The number of carbonyl (C=O) groups excluding carboxylic acids is 1. The summed E-state index contributed by atoms with van der Waals surface area (Å²) in [4.78, 5) is 20.1. The van der Waals surface area contributed by atoms with Gasteiger partial charge in [0.25, 0.3) is 0 Å². The first kappa shape index (κ1) is 15.6. The van der Waals surface area contributed by atoms with Gasteiger partial charge in [-0.05, 0) is 6.92 Å². The number of methoxy groups -OCH3 is 1. The van der Waals surface area contributed by atoms with Gasteiger partial charge in [0.15, 0.2) is 0 Å². The van der Waals surface area contributed by atoms with Crippen molar-refractivity contribution in [1.82, 2.24) is 9.88 Å². The molecular weight excluding hydrogens is 270 g/mol. The van der Waals surface area contributed by atoms with E-state index in [0.29, 0.717) is 13.0 Å². The van der Waals surface area contributed by atoms with Gasteiger partial charge >= 0.3 is 5.97 Å². The van der Waals surface area contributed by atoms with Crippen molar-refractivity contribution in [3.05, 3.63) is 18.5 Å². The molecular formula is C15H23N3O3. The van der Waals surface area contributed by atoms with Crippen molar-refractivity contribution in [3.63, 3.8) is 0 Å². The zero-order chi connectivity index (χ0) is 15.1. The Morgan fingerprint density at radius 1 is 1.29 bits per heavy atom. The molecule has 6 nitrogen and oxygen atoms in total. The molecule has 0 amide bonds. The quantitative estimate of drug-likeness (QED) is 0.734. The number of piperazine rings is 1. The van der Waals surface area contributed by atoms with Crippen molar-refractivity contribution in [1.29, 1.82) is 0 Å². The highest BCUT2D eigenvalue weighted by Gasteiger charge is 2.18. The second-order valence-electron chi connectivity index (χ2n) is 4.97. The molecule has 1 fully saturated rings. The van der Waals surface area contributed by atoms with Crippen LogP contribution in [0.4, 0.5) is 5.69 Å². The van der Waals surface area contributed by atoms with Crippen LogP contribution in [0.1, 0.15) is 13.3 Å². The molecule has 2 heterocycles. The van der Waals surface area contributed by atoms with Crippen molar-refractivity contribution in [3.8, 4) is 5.75 Å². The molecule has 1 aliphatic heterocycles. The monoisotopic (exact) mass is 293 g/mol. The number of ether oxygens (including phenoxy) is 2. The van der Waals surface area contributed by atoms with Crippen molar-refractivity contribution in [2.24, 2.45) is 0 Å². The summed E-state index contributed by atoms with van der Waals surface area (Å²) >= 11 is 0. The van der Waals surface area contributed by atoms with Crippen molar-refractivity contribution in [2.45, 2.75) is 13.3 Å². The Hall–Kier alpha value is -1.82. The predicted octanol–water partition coefficient (Wildman–Crippen LogP) is 1.17. The third kappa shape index (κ3) is 4.60. The number of hydrogen-bond acceptors (Lipinski definition) is 6. The lowest BCUT2D eigenvalue weighted by atomic mass is 10.2. The van der Waals surface area contributed by atoms with E-state index in [2.05, 4.69) is 14.8 Å². The molecule has 0 radical (unpaired) electrons. The standard InChI is InChI=1S/C15H23N3O3/c1-3-21-15(19)4-5-17-6-8-18(9-7-17)13-10-14(20-2)12-16-11-13/h10-12H,3-9H2,1-2H3. The summed E-state index contributed by atoms with van der Waals surface area (Å²) in [5, 5.41) is 0. The fraction of sp³-hybridized carbons (Fsp3) is 0.600. The van der Waals surface area contributed by atoms with Gasteiger partial charge in [0.05, 0.1) is 38.2 Å². The molecule has 0 N–H and O–H groups in total. The highest BCUT2D eigenvalue weighted by atomic mass is 16.5. The van der Waals surface area contributed by atoms with Gasteiger partial charge in [-0.3, -0.25) is 14.7 Å². The Kier molecular flexibility index (Phi) is 5.80. The van der Waals surface area contributed by atoms with Crippen LogP contribution in [0.2, 0.25) is 0 Å². The molecule has 0 atom stereocenters. The maximum absolute atomic E-state index is 11.4. The second-order valence-corrected chi connectivity index (χ2v) is 4.97. The molecule has 21 heavy (non-hydrogen) atoms. The number of esters is 1. The van der Waals surface area contributed by atoms with E-state index >= 15 is 0 Å². The van der Waals surface area contributed by atoms with Gasteiger partial charge in [-0.25, -0.2) is 0 Å². The lowest BCUT2D eigenvalue weighted by Gasteiger charge is -2.35. The Morgan fingerprint density at radius 2 is 2.05 bits per heavy atom. The predicted molar refractivity (Wildman–Crippen MR) is 80.7 cm³/mol. The second kappa shape index (κ2) is 7.83. The van der Waals surface area contributed by atoms with Gasteiger partial charge in [-0.15, -0.1) is 0 Å². The number of carbonyl (C=O) groups is 1. The fourth-order valence-corrected chi connectivity index (χ4v) is 2.40. The normalized spacial score (nSPS) is 15.8. The molecule has 1 aromatic rings. The largest absolute Gasteiger partial charge is 0.495 e. The molecule has 116 valence electrons. The Labute approximate surface area is 125 Å². The number of rotatable bonds is 6. The van der Waals surface area contributed by atoms with Gasteiger partial charge in [0.2, 0.25) is 0 Å². The zero-order valence-electron chi connectivity index (χ0n) is 12.7. The van der Waals surface area contributed by atoms with Gasteiger partial charge in [-0.1, -0.05) is 0 Å². The summed E-state index contributed by atoms with van der Waals surface area (Å²) in [6, 6.07) is 2.00. The van der Waals surface area contributed by atoms with Gasteiger partial charge in [-0.2, -0.15) is 0 Å². The van der Waals surface area contributed by atoms with Crippen molar-refractivity contribution >= 4 is 11.7 Å². The first-order chi connectivity index (χ1) is 10.2. The molecule has 0 aliphatic carbocycles. The van der Waals surface area contributed by atoms with E-state index in [9.17, 15) is 4.79 Å². The van der Waals surface area contributed by atoms with Crippen LogP contribution in [0.5, 0.6) is 5.75 Å². The van der Waals surface area contributed by atoms with Crippen LogP contribution in [0.25, 0.3) is 0 Å². The maximum atomic E-state index is 11.4. The summed E-state index contributed by atoms with van der Waals surface area (Å²) in [5.74, 6) is 0.661. The molecule has 0 unspecified atom stereocenters. The molecule has 2 rings (SSSR count). The Morgan fingerprint density at radius 3 is 2.71 bits per heavy atom. The lowest BCUT2D eigenvalue weighted by Crippen LogP contribution is -2.47. The molecule has 0 spiro atoms. The number of anilines is 1. The highest BCUT2D eigenvalue weighted by molar-refractivity contribution is 5.69. The minimum absolute atomic E-state index is 0.114. The molecule has 1 aromatic heterocycles. The van der Waals surface area contributed by atoms with Crippen molar-refractivity contribution in [2.75, 3.05) is 51.3 Å². The third-order valence-electron chi connectivity index (χ3n) is 3.61. The topological polar surface area (TPSA) is 54.9 Å². The van der Waals surface area contributed by atoms with E-state index in [1.54, 1.807) is 13.3 Å². The highest BCUT2D eigenvalue weighted by Crippen LogP contribution is 2.20. The minimum atomic E-state index is -0.114. The van der Waals surface area contributed by atoms with E-state index in [1.165, 1.54) is 0 Å². The van der Waals surface area contributed by atoms with E-state index in [0.717, 1.165) is 44.2 Å². The van der Waals surface area contributed by atoms with Gasteiger partial charge in [0.1, 0.15) is 5.75 Å². The van der Waals surface area contributed by atoms with Crippen LogP contribution in [0.3, 0.4) is 0 Å². The summed E-state index contributed by atoms with van der Waals surface area (Å²) < 4.78 is 10.2. The molecule has 6 heteroatoms. The Bertz CT molecular complexity index is 459. The molecule has 0 bridgehead atoms. The van der Waals surface area contributed by atoms with Crippen LogP contribution in [0.15, 0.2) is 18.5 Å². The number of hydrogen-bond donors (Lipinski definition) is 0. The van der Waals surface area contributed by atoms with Gasteiger partial charge in [0, 0.05) is 38.8 Å². The molecule has 0 aromatic carbocycles. The number of aromatic nitrogens is 1. The number of pyridine rings is 1. The summed E-state index contributed by atoms with van der Waals surface area (Å²) in [7, 11) is 1.65. The summed E-state index contributed by atoms with van der Waals surface area (Å²) in [6.07, 6.45) is 4.03. The third-order valence-corrected chi connectivity index (χ3v) is 3.61. The van der Waals surface area contributed by atoms with E-state index in [1.807, 2.05) is 19.2 Å². The van der Waals surface area contributed by atoms with E-state index < -0.39 is 0 Å². The zero-order valence-corrected chi connectivity index (χ0v) is 12.7. The van der Waals surface area contributed by atoms with Crippen LogP contribution < -0.4 is 9.64 Å². The smallest absolute Gasteiger partial charge is 0.307 e. The SMILES string of the molecule is CCOC(=O)CCN1CCN(c2cncc(OC)c2)CC1. The van der Waals surface area contributed by atoms with Crippen molar-refractivity contribution < 1.29 is 14.3 Å². The first-order valence-electron chi connectivity index (χ1n) is 7.35. The molecule has 1 aliphatic rings.